The molecule has 86 valence electrons. The average Bonchev–Trinajstić information content (AvgIpc) is 2.86. The highest BCUT2D eigenvalue weighted by Gasteiger charge is 2.20. The van der Waals surface area contributed by atoms with Crippen molar-refractivity contribution in [3.8, 4) is 0 Å². The molecule has 0 fully saturated rings. The summed E-state index contributed by atoms with van der Waals surface area (Å²) in [5, 5.41) is 9.73. The number of carbonyl (C=O) groups excluding carboxylic acids is 1. The molecule has 0 radical (unpaired) electrons. The number of amides is 1. The van der Waals surface area contributed by atoms with E-state index in [0.29, 0.717) is 5.69 Å². The number of aliphatic hydroxyl groups is 1. The topological polar surface area (TPSA) is 80.6 Å². The SMILES string of the molecule is NC(=O)C(O)c1cnc2sc3ccccc3n12. The Hall–Kier alpha value is -1.92. The number of aromatic nitrogens is 2. The van der Waals surface area contributed by atoms with E-state index in [4.69, 9.17) is 5.73 Å². The van der Waals surface area contributed by atoms with Crippen molar-refractivity contribution < 1.29 is 9.90 Å². The maximum atomic E-state index is 11.0. The number of primary amides is 1. The lowest BCUT2D eigenvalue weighted by Crippen LogP contribution is -2.21. The van der Waals surface area contributed by atoms with Crippen molar-refractivity contribution in [1.82, 2.24) is 9.38 Å². The maximum Gasteiger partial charge on any atom is 0.252 e. The first-order valence-electron chi connectivity index (χ1n) is 5.01. The van der Waals surface area contributed by atoms with Gasteiger partial charge in [-0.15, -0.1) is 0 Å². The summed E-state index contributed by atoms with van der Waals surface area (Å²) in [5.41, 5.74) is 6.43. The Morgan fingerprint density at radius 3 is 3.00 bits per heavy atom. The van der Waals surface area contributed by atoms with E-state index in [0.717, 1.165) is 15.2 Å². The number of para-hydroxylation sites is 1. The summed E-state index contributed by atoms with van der Waals surface area (Å²) >= 11 is 1.50. The molecule has 0 spiro atoms. The van der Waals surface area contributed by atoms with Crippen LogP contribution in [0, 0.1) is 0 Å². The van der Waals surface area contributed by atoms with Crippen LogP contribution in [0.15, 0.2) is 30.5 Å². The zero-order valence-electron chi connectivity index (χ0n) is 8.70. The highest BCUT2D eigenvalue weighted by atomic mass is 32.1. The van der Waals surface area contributed by atoms with Gasteiger partial charge in [0.1, 0.15) is 0 Å². The van der Waals surface area contributed by atoms with Crippen LogP contribution in [0.1, 0.15) is 11.8 Å². The van der Waals surface area contributed by atoms with E-state index < -0.39 is 12.0 Å². The number of hydrogen-bond acceptors (Lipinski definition) is 4. The van der Waals surface area contributed by atoms with Crippen LogP contribution >= 0.6 is 11.3 Å². The molecule has 3 aromatic rings. The number of nitrogens with zero attached hydrogens (tertiary/aromatic N) is 2. The van der Waals surface area contributed by atoms with E-state index in [-0.39, 0.29) is 0 Å². The first-order valence-corrected chi connectivity index (χ1v) is 5.82. The molecule has 6 heteroatoms. The third kappa shape index (κ3) is 1.42. The Morgan fingerprint density at radius 2 is 2.24 bits per heavy atom. The summed E-state index contributed by atoms with van der Waals surface area (Å²) in [5.74, 6) is -0.776. The Morgan fingerprint density at radius 1 is 1.47 bits per heavy atom. The van der Waals surface area contributed by atoms with Crippen LogP contribution in [0.4, 0.5) is 0 Å². The second kappa shape index (κ2) is 3.54. The predicted octanol–water partition coefficient (Wildman–Crippen LogP) is 1.07. The van der Waals surface area contributed by atoms with Gasteiger partial charge in [-0.1, -0.05) is 23.5 Å². The van der Waals surface area contributed by atoms with Gasteiger partial charge in [0.2, 0.25) is 0 Å². The minimum absolute atomic E-state index is 0.407. The standard InChI is InChI=1S/C11H9N3O2S/c12-10(16)9(15)7-5-13-11-14(7)6-3-1-2-4-8(6)17-11/h1-5,9,15H,(H2,12,16). The maximum absolute atomic E-state index is 11.0. The lowest BCUT2D eigenvalue weighted by atomic mass is 10.2. The van der Waals surface area contributed by atoms with Crippen LogP contribution < -0.4 is 5.73 Å². The van der Waals surface area contributed by atoms with Crippen LogP contribution in [0.25, 0.3) is 15.2 Å². The number of benzene rings is 1. The smallest absolute Gasteiger partial charge is 0.252 e. The van der Waals surface area contributed by atoms with Gasteiger partial charge >= 0.3 is 0 Å². The molecule has 5 nitrogen and oxygen atoms in total. The van der Waals surface area contributed by atoms with E-state index in [2.05, 4.69) is 4.98 Å². The molecule has 1 amide bonds. The van der Waals surface area contributed by atoms with Crippen LogP contribution in [-0.2, 0) is 4.79 Å². The lowest BCUT2D eigenvalue weighted by Gasteiger charge is -2.04. The number of rotatable bonds is 2. The minimum atomic E-state index is -1.33. The van der Waals surface area contributed by atoms with Crippen LogP contribution in [0.3, 0.4) is 0 Å². The third-order valence-electron chi connectivity index (χ3n) is 2.61. The summed E-state index contributed by atoms with van der Waals surface area (Å²) in [6.07, 6.45) is 0.149. The third-order valence-corrected chi connectivity index (χ3v) is 3.65. The van der Waals surface area contributed by atoms with Gasteiger partial charge in [0, 0.05) is 0 Å². The first kappa shape index (κ1) is 10.2. The molecule has 2 heterocycles. The highest BCUT2D eigenvalue weighted by Crippen LogP contribution is 2.28. The molecule has 0 aliphatic heterocycles. The molecule has 2 aromatic heterocycles. The van der Waals surface area contributed by atoms with Gasteiger partial charge in [-0.3, -0.25) is 9.20 Å². The molecule has 0 aliphatic rings. The molecule has 1 atom stereocenters. The molecule has 3 rings (SSSR count). The van der Waals surface area contributed by atoms with Gasteiger partial charge < -0.3 is 10.8 Å². The zero-order chi connectivity index (χ0) is 12.0. The van der Waals surface area contributed by atoms with Gasteiger partial charge in [-0.25, -0.2) is 4.98 Å². The number of hydrogen-bond donors (Lipinski definition) is 2. The number of nitrogens with two attached hydrogens (primary N) is 1. The van der Waals surface area contributed by atoms with E-state index in [1.807, 2.05) is 24.3 Å². The van der Waals surface area contributed by atoms with Crippen LogP contribution in [0.5, 0.6) is 0 Å². The number of fused-ring (bicyclic) bond motifs is 3. The largest absolute Gasteiger partial charge is 0.377 e. The highest BCUT2D eigenvalue weighted by molar-refractivity contribution is 7.23. The number of thiazole rings is 1. The Balaban J connectivity index is 2.36. The molecule has 0 bridgehead atoms. The molecule has 0 saturated carbocycles. The minimum Gasteiger partial charge on any atom is -0.377 e. The van der Waals surface area contributed by atoms with Gasteiger partial charge in [0.05, 0.1) is 22.1 Å². The van der Waals surface area contributed by atoms with Gasteiger partial charge in [-0.2, -0.15) is 0 Å². The monoisotopic (exact) mass is 247 g/mol. The van der Waals surface area contributed by atoms with Crippen LogP contribution in [0.2, 0.25) is 0 Å². The van der Waals surface area contributed by atoms with Gasteiger partial charge in [0.25, 0.3) is 5.91 Å². The number of imidazole rings is 1. The Bertz CT molecular complexity index is 716. The Labute approximate surface area is 100 Å². The fourth-order valence-corrected chi connectivity index (χ4v) is 2.83. The predicted molar refractivity (Wildman–Crippen MR) is 64.7 cm³/mol. The second-order valence-electron chi connectivity index (χ2n) is 3.68. The van der Waals surface area contributed by atoms with Crippen molar-refractivity contribution in [2.24, 2.45) is 5.73 Å². The summed E-state index contributed by atoms with van der Waals surface area (Å²) in [7, 11) is 0. The van der Waals surface area contributed by atoms with Crippen LogP contribution in [-0.4, -0.2) is 20.4 Å². The number of aliphatic hydroxyl groups excluding tert-OH is 1. The normalized spacial score (nSPS) is 13.2. The van der Waals surface area contributed by atoms with Crippen molar-refractivity contribution in [1.29, 1.82) is 0 Å². The molecule has 3 N–H and O–H groups in total. The number of carbonyl (C=O) groups is 1. The first-order chi connectivity index (χ1) is 8.18. The van der Waals surface area contributed by atoms with Crippen molar-refractivity contribution >= 4 is 32.4 Å². The average molecular weight is 247 g/mol. The van der Waals surface area contributed by atoms with Crippen molar-refractivity contribution in [3.05, 3.63) is 36.2 Å². The van der Waals surface area contributed by atoms with E-state index in [1.54, 1.807) is 4.40 Å². The molecule has 0 aliphatic carbocycles. The summed E-state index contributed by atoms with van der Waals surface area (Å²) in [6, 6.07) is 7.71. The van der Waals surface area contributed by atoms with Crippen molar-refractivity contribution in [2.75, 3.05) is 0 Å². The van der Waals surface area contributed by atoms with E-state index in [1.165, 1.54) is 17.5 Å². The zero-order valence-corrected chi connectivity index (χ0v) is 9.52. The van der Waals surface area contributed by atoms with E-state index in [9.17, 15) is 9.90 Å². The van der Waals surface area contributed by atoms with Crippen molar-refractivity contribution in [2.45, 2.75) is 6.10 Å². The van der Waals surface area contributed by atoms with Gasteiger partial charge in [0.15, 0.2) is 11.1 Å². The second-order valence-corrected chi connectivity index (χ2v) is 4.68. The lowest BCUT2D eigenvalue weighted by molar-refractivity contribution is -0.126. The quantitative estimate of drug-likeness (QED) is 0.710. The molecular weight excluding hydrogens is 238 g/mol. The molecule has 0 saturated heterocycles. The Kier molecular flexibility index (Phi) is 2.13. The summed E-state index contributed by atoms with van der Waals surface area (Å²) < 4.78 is 2.81. The van der Waals surface area contributed by atoms with Gasteiger partial charge in [-0.05, 0) is 12.1 Å². The molecule has 1 unspecified atom stereocenters. The fraction of sp³-hybridized carbons (Fsp3) is 0.0909. The van der Waals surface area contributed by atoms with Crippen molar-refractivity contribution in [3.63, 3.8) is 0 Å². The molecule has 1 aromatic carbocycles. The summed E-state index contributed by atoms with van der Waals surface area (Å²) in [4.78, 5) is 15.9. The molecular formula is C11H9N3O2S. The van der Waals surface area contributed by atoms with E-state index >= 15 is 0 Å². The molecule has 17 heavy (non-hydrogen) atoms. The summed E-state index contributed by atoms with van der Waals surface area (Å²) in [6.45, 7) is 0. The fourth-order valence-electron chi connectivity index (χ4n) is 1.83.